The zero-order valence-electron chi connectivity index (χ0n) is 16.7. The fourth-order valence-corrected chi connectivity index (χ4v) is 3.52. The largest absolute Gasteiger partial charge is 0.497 e. The Labute approximate surface area is 177 Å². The molecule has 0 aliphatic heterocycles. The summed E-state index contributed by atoms with van der Waals surface area (Å²) < 4.78 is 6.86. The van der Waals surface area contributed by atoms with Crippen LogP contribution in [0.5, 0.6) is 5.75 Å². The van der Waals surface area contributed by atoms with Crippen LogP contribution in [0.1, 0.15) is 27.4 Å². The first kappa shape index (κ1) is 19.8. The summed E-state index contributed by atoms with van der Waals surface area (Å²) in [6.07, 6.45) is 2.98. The molecule has 0 fully saturated rings. The molecule has 0 unspecified atom stereocenters. The van der Waals surface area contributed by atoms with Crippen molar-refractivity contribution < 1.29 is 9.53 Å². The van der Waals surface area contributed by atoms with Crippen LogP contribution in [-0.4, -0.2) is 37.7 Å². The Hall–Kier alpha value is -3.52. The van der Waals surface area contributed by atoms with Crippen molar-refractivity contribution in [2.24, 2.45) is 0 Å². The summed E-state index contributed by atoms with van der Waals surface area (Å²) in [7, 11) is 1.59. The first-order valence-electron chi connectivity index (χ1n) is 9.21. The van der Waals surface area contributed by atoms with Crippen molar-refractivity contribution >= 4 is 34.2 Å². The van der Waals surface area contributed by atoms with Gasteiger partial charge in [-0.3, -0.25) is 4.79 Å². The lowest BCUT2D eigenvalue weighted by atomic mass is 10.2. The molecule has 0 saturated carbocycles. The summed E-state index contributed by atoms with van der Waals surface area (Å²) in [6.45, 7) is 4.16. The van der Waals surface area contributed by atoms with E-state index in [1.165, 1.54) is 12.5 Å². The minimum absolute atomic E-state index is 0.278. The minimum Gasteiger partial charge on any atom is -0.497 e. The highest BCUT2D eigenvalue weighted by Crippen LogP contribution is 2.29. The molecule has 3 heterocycles. The smallest absolute Gasteiger partial charge is 0.258 e. The highest BCUT2D eigenvalue weighted by molar-refractivity contribution is 6.39. The number of ether oxygens (including phenoxy) is 1. The van der Waals surface area contributed by atoms with E-state index in [1.54, 1.807) is 36.1 Å². The average molecular weight is 423 g/mol. The fraction of sp³-hybridized carbons (Fsp3) is 0.190. The lowest BCUT2D eigenvalue weighted by Gasteiger charge is -2.09. The molecular weight excluding hydrogens is 404 g/mol. The Morgan fingerprint density at radius 3 is 2.63 bits per heavy atom. The second kappa shape index (κ2) is 8.08. The Morgan fingerprint density at radius 1 is 1.17 bits per heavy atom. The van der Waals surface area contributed by atoms with Crippen LogP contribution < -0.4 is 10.1 Å². The summed E-state index contributed by atoms with van der Waals surface area (Å²) in [6, 6.07) is 8.93. The minimum atomic E-state index is -0.349. The quantitative estimate of drug-likeness (QED) is 0.525. The van der Waals surface area contributed by atoms with Gasteiger partial charge < -0.3 is 10.1 Å². The molecule has 0 spiro atoms. The van der Waals surface area contributed by atoms with Gasteiger partial charge in [-0.15, -0.1) is 0 Å². The van der Waals surface area contributed by atoms with Crippen LogP contribution >= 0.6 is 11.6 Å². The van der Waals surface area contributed by atoms with Crippen LogP contribution in [-0.2, 0) is 6.54 Å². The molecule has 0 aliphatic carbocycles. The molecule has 30 heavy (non-hydrogen) atoms. The lowest BCUT2D eigenvalue weighted by Crippen LogP contribution is -2.13. The predicted octanol–water partition coefficient (Wildman–Crippen LogP) is 3.80. The molecule has 0 saturated heterocycles. The first-order valence-corrected chi connectivity index (χ1v) is 9.58. The van der Waals surface area contributed by atoms with Crippen molar-refractivity contribution in [3.05, 3.63) is 70.5 Å². The summed E-state index contributed by atoms with van der Waals surface area (Å²) >= 11 is 6.60. The van der Waals surface area contributed by atoms with E-state index in [0.717, 1.165) is 11.4 Å². The van der Waals surface area contributed by atoms with E-state index in [0.29, 0.717) is 39.7 Å². The van der Waals surface area contributed by atoms with E-state index in [-0.39, 0.29) is 11.5 Å². The summed E-state index contributed by atoms with van der Waals surface area (Å²) in [5.41, 5.74) is 3.87. The van der Waals surface area contributed by atoms with E-state index in [2.05, 4.69) is 25.4 Å². The van der Waals surface area contributed by atoms with Gasteiger partial charge in [-0.25, -0.2) is 19.6 Å². The molecule has 8 nitrogen and oxygen atoms in total. The van der Waals surface area contributed by atoms with Gasteiger partial charge in [0.1, 0.15) is 12.1 Å². The highest BCUT2D eigenvalue weighted by atomic mass is 35.5. The molecule has 1 aromatic carbocycles. The van der Waals surface area contributed by atoms with Crippen LogP contribution in [0.4, 0.5) is 5.69 Å². The van der Waals surface area contributed by atoms with Gasteiger partial charge in [-0.1, -0.05) is 11.6 Å². The monoisotopic (exact) mass is 422 g/mol. The Bertz CT molecular complexity index is 1240. The van der Waals surface area contributed by atoms with Crippen molar-refractivity contribution in [2.45, 2.75) is 20.4 Å². The summed E-state index contributed by atoms with van der Waals surface area (Å²) in [5, 5.41) is 8.32. The maximum absolute atomic E-state index is 12.8. The number of amides is 1. The van der Waals surface area contributed by atoms with Crippen molar-refractivity contribution in [3.63, 3.8) is 0 Å². The number of aromatic nitrogens is 5. The van der Waals surface area contributed by atoms with E-state index in [4.69, 9.17) is 16.3 Å². The van der Waals surface area contributed by atoms with Crippen LogP contribution in [0.2, 0.25) is 5.02 Å². The molecule has 152 valence electrons. The van der Waals surface area contributed by atoms with Gasteiger partial charge >= 0.3 is 0 Å². The van der Waals surface area contributed by atoms with E-state index >= 15 is 0 Å². The van der Waals surface area contributed by atoms with Crippen molar-refractivity contribution in [2.75, 3.05) is 12.4 Å². The van der Waals surface area contributed by atoms with Gasteiger partial charge in [-0.2, -0.15) is 5.10 Å². The Balaban J connectivity index is 1.65. The normalized spacial score (nSPS) is 10.9. The predicted molar refractivity (Wildman–Crippen MR) is 114 cm³/mol. The molecule has 1 N–H and O–H groups in total. The number of hydrogen-bond donors (Lipinski definition) is 1. The summed E-state index contributed by atoms with van der Waals surface area (Å²) in [5.74, 6) is 0.356. The van der Waals surface area contributed by atoms with Crippen LogP contribution in [0.25, 0.3) is 11.0 Å². The number of methoxy groups -OCH3 is 1. The van der Waals surface area contributed by atoms with Gasteiger partial charge in [0.25, 0.3) is 5.91 Å². The number of hydrogen-bond acceptors (Lipinski definition) is 6. The van der Waals surface area contributed by atoms with Crippen LogP contribution in [0.15, 0.2) is 42.9 Å². The van der Waals surface area contributed by atoms with Crippen molar-refractivity contribution in [1.82, 2.24) is 24.7 Å². The second-order valence-corrected chi connectivity index (χ2v) is 7.14. The molecular formula is C21H19ClN6O2. The molecule has 4 rings (SSSR count). The van der Waals surface area contributed by atoms with Crippen molar-refractivity contribution in [3.8, 4) is 5.75 Å². The Morgan fingerprint density at radius 2 is 1.93 bits per heavy atom. The first-order chi connectivity index (χ1) is 14.5. The third kappa shape index (κ3) is 3.81. The topological polar surface area (TPSA) is 94.8 Å². The number of aryl methyl sites for hydroxylation is 2. The van der Waals surface area contributed by atoms with Gasteiger partial charge in [-0.05, 0) is 44.2 Å². The van der Waals surface area contributed by atoms with Crippen molar-refractivity contribution in [1.29, 1.82) is 0 Å². The zero-order chi connectivity index (χ0) is 21.3. The third-order valence-corrected chi connectivity index (χ3v) is 5.03. The number of nitrogens with one attached hydrogen (secondary N) is 1. The fourth-order valence-electron chi connectivity index (χ4n) is 3.17. The number of benzene rings is 1. The zero-order valence-corrected chi connectivity index (χ0v) is 17.4. The Kier molecular flexibility index (Phi) is 5.33. The number of pyridine rings is 1. The van der Waals surface area contributed by atoms with Crippen LogP contribution in [0.3, 0.4) is 0 Å². The standard InChI is InChI=1S/C21H19ClN6O2/c1-12-8-15(25-11-24-12)10-28-20-18(13(2)27-28)19(22)17(9-23-20)21(29)26-14-4-6-16(30-3)7-5-14/h4-9,11H,10H2,1-3H3,(H,26,29). The number of halogens is 1. The molecule has 3 aromatic heterocycles. The van der Waals surface area contributed by atoms with Crippen LogP contribution in [0, 0.1) is 13.8 Å². The number of anilines is 1. The number of nitrogens with zero attached hydrogens (tertiary/aromatic N) is 5. The molecule has 0 bridgehead atoms. The third-order valence-electron chi connectivity index (χ3n) is 4.64. The average Bonchev–Trinajstić information content (AvgIpc) is 3.04. The van der Waals surface area contributed by atoms with Gasteiger partial charge in [0.15, 0.2) is 5.65 Å². The molecule has 1 amide bonds. The number of carbonyl (C=O) groups excluding carboxylic acids is 1. The van der Waals surface area contributed by atoms with Gasteiger partial charge in [0, 0.05) is 17.6 Å². The molecule has 9 heteroatoms. The second-order valence-electron chi connectivity index (χ2n) is 6.76. The number of carbonyl (C=O) groups is 1. The summed E-state index contributed by atoms with van der Waals surface area (Å²) in [4.78, 5) is 25.6. The lowest BCUT2D eigenvalue weighted by molar-refractivity contribution is 0.102. The van der Waals surface area contributed by atoms with E-state index in [9.17, 15) is 4.79 Å². The van der Waals surface area contributed by atoms with Gasteiger partial charge in [0.05, 0.1) is 41.0 Å². The SMILES string of the molecule is COc1ccc(NC(=O)c2cnc3c(c(C)nn3Cc3cc(C)ncn3)c2Cl)cc1. The highest BCUT2D eigenvalue weighted by Gasteiger charge is 2.20. The molecule has 0 atom stereocenters. The van der Waals surface area contributed by atoms with Gasteiger partial charge in [0.2, 0.25) is 0 Å². The van der Waals surface area contributed by atoms with E-state index in [1.807, 2.05) is 19.9 Å². The maximum atomic E-state index is 12.8. The molecule has 0 aliphatic rings. The van der Waals surface area contributed by atoms with E-state index < -0.39 is 0 Å². The number of rotatable bonds is 5. The number of fused-ring (bicyclic) bond motifs is 1. The molecule has 0 radical (unpaired) electrons. The molecule has 4 aromatic rings. The maximum Gasteiger partial charge on any atom is 0.258 e.